The van der Waals surface area contributed by atoms with Gasteiger partial charge in [-0.15, -0.1) is 0 Å². The Kier molecular flexibility index (Phi) is 19.2. The van der Waals surface area contributed by atoms with E-state index in [0.29, 0.717) is 26.4 Å². The second kappa shape index (κ2) is 26.9. The normalized spacial score (nSPS) is 29.6. The second-order valence-corrected chi connectivity index (χ2v) is 23.2. The van der Waals surface area contributed by atoms with E-state index in [0.717, 1.165) is 85.3 Å². The molecule has 10 aliphatic rings. The standard InChI is InChI=1S/C64H88B2O10/c1-45-51-53-46(2)54-52(45)58-62-64(60(54)72-58)76-66(74-62)56-48-38-36-40-50(56)70-44-34-30-26-22-18-14-10-6-5-9-13-17-21-25-29-33-43-69-49-39-35-37-47(55(49)65-73-61-57(51)71-59(53)63(61)75-65)67-41-31-27-23-19-15-11-7-3-4-8-12-16-20-24-28-32-42-68-48/h3-6,35-40,57-64H,7-34,41-44H2,1-2H3/t57-,58-,59+,60+,61-,62-,63+,64+. The molecule has 3 aromatic rings. The first kappa shape index (κ1) is 54.2. The molecule has 4 fully saturated rings. The summed E-state index contributed by atoms with van der Waals surface area (Å²) < 4.78 is 68.9. The van der Waals surface area contributed by atoms with E-state index in [-0.39, 0.29) is 48.8 Å². The van der Waals surface area contributed by atoms with E-state index < -0.39 is 14.2 Å². The molecule has 4 saturated heterocycles. The molecule has 10 heterocycles. The molecule has 0 aliphatic carbocycles. The summed E-state index contributed by atoms with van der Waals surface area (Å²) in [5.74, 6) is 3.16. The van der Waals surface area contributed by atoms with E-state index in [9.17, 15) is 0 Å². The summed E-state index contributed by atoms with van der Waals surface area (Å²) in [5, 5.41) is 0. The molecule has 3 aromatic carbocycles. The van der Waals surface area contributed by atoms with Gasteiger partial charge in [0.05, 0.1) is 37.4 Å². The van der Waals surface area contributed by atoms with Gasteiger partial charge in [-0.05, 0) is 149 Å². The van der Waals surface area contributed by atoms with Gasteiger partial charge in [0.2, 0.25) is 0 Å². The lowest BCUT2D eigenvalue weighted by Crippen LogP contribution is -2.36. The summed E-state index contributed by atoms with van der Waals surface area (Å²) in [4.78, 5) is 0. The maximum atomic E-state index is 7.07. The summed E-state index contributed by atoms with van der Waals surface area (Å²) in [6, 6.07) is 12.4. The average molecular weight is 1040 g/mol. The summed E-state index contributed by atoms with van der Waals surface area (Å²) in [6.45, 7) is 7.09. The fourth-order valence-corrected chi connectivity index (χ4v) is 13.8. The van der Waals surface area contributed by atoms with Gasteiger partial charge in [0.25, 0.3) is 0 Å². The van der Waals surface area contributed by atoms with Gasteiger partial charge in [0.1, 0.15) is 71.8 Å². The topological polar surface area (TPSA) is 92.3 Å². The molecule has 0 N–H and O–H groups in total. The van der Waals surface area contributed by atoms with Crippen molar-refractivity contribution in [3.63, 3.8) is 0 Å². The zero-order valence-electron chi connectivity index (χ0n) is 46.3. The molecule has 0 aromatic heterocycles. The van der Waals surface area contributed by atoms with Crippen LogP contribution in [0.2, 0.25) is 0 Å². The second-order valence-electron chi connectivity index (χ2n) is 23.2. The molecule has 76 heavy (non-hydrogen) atoms. The van der Waals surface area contributed by atoms with Gasteiger partial charge >= 0.3 is 14.2 Å². The Balaban J connectivity index is 0.863. The fourth-order valence-electron chi connectivity index (χ4n) is 13.8. The zero-order valence-corrected chi connectivity index (χ0v) is 46.3. The van der Waals surface area contributed by atoms with Gasteiger partial charge < -0.3 is 47.0 Å². The molecule has 410 valence electrons. The van der Waals surface area contributed by atoms with Crippen molar-refractivity contribution >= 4 is 25.2 Å². The van der Waals surface area contributed by atoms with Crippen molar-refractivity contribution in [1.29, 1.82) is 0 Å². The highest BCUT2D eigenvalue weighted by Gasteiger charge is 2.65. The van der Waals surface area contributed by atoms with Crippen molar-refractivity contribution in [3.8, 4) is 23.0 Å². The third kappa shape index (κ3) is 12.2. The Morgan fingerprint density at radius 2 is 0.553 bits per heavy atom. The van der Waals surface area contributed by atoms with Crippen molar-refractivity contribution in [2.75, 3.05) is 26.4 Å². The van der Waals surface area contributed by atoms with Crippen LogP contribution in [0.1, 0.15) is 238 Å². The highest BCUT2D eigenvalue weighted by atomic mass is 16.7. The molecule has 13 rings (SSSR count). The molecular formula is C64H88B2O10. The first-order valence-corrected chi connectivity index (χ1v) is 30.8. The molecule has 0 radical (unpaired) electrons. The number of allylic oxidation sites excluding steroid dienone is 4. The van der Waals surface area contributed by atoms with Crippen LogP contribution in [0.5, 0.6) is 23.0 Å². The highest BCUT2D eigenvalue weighted by Crippen LogP contribution is 2.64. The summed E-state index contributed by atoms with van der Waals surface area (Å²) in [7, 11) is -1.28. The van der Waals surface area contributed by atoms with Gasteiger partial charge in [-0.25, -0.2) is 0 Å². The Morgan fingerprint density at radius 1 is 0.316 bits per heavy atom. The van der Waals surface area contributed by atoms with E-state index in [1.165, 1.54) is 162 Å². The van der Waals surface area contributed by atoms with Crippen LogP contribution in [0.3, 0.4) is 0 Å². The maximum Gasteiger partial charge on any atom is 0.502 e. The Bertz CT molecular complexity index is 2110. The molecule has 0 saturated carbocycles. The molecule has 0 unspecified atom stereocenters. The molecule has 12 heteroatoms. The number of ether oxygens (including phenoxy) is 6. The van der Waals surface area contributed by atoms with Crippen LogP contribution in [0.15, 0.2) is 60.7 Å². The van der Waals surface area contributed by atoms with Crippen molar-refractivity contribution < 1.29 is 47.0 Å². The van der Waals surface area contributed by atoms with Crippen LogP contribution >= 0.6 is 0 Å². The third-order valence-corrected chi connectivity index (χ3v) is 17.8. The quantitative estimate of drug-likeness (QED) is 0.160. The summed E-state index contributed by atoms with van der Waals surface area (Å²) in [6.07, 6.45) is 41.1. The van der Waals surface area contributed by atoms with E-state index in [1.807, 2.05) is 0 Å². The van der Waals surface area contributed by atoms with Gasteiger partial charge in [-0.2, -0.15) is 0 Å². The third-order valence-electron chi connectivity index (χ3n) is 17.8. The molecule has 0 amide bonds. The van der Waals surface area contributed by atoms with Crippen LogP contribution in [0.4, 0.5) is 0 Å². The number of hydrogen-bond acceptors (Lipinski definition) is 10. The van der Waals surface area contributed by atoms with Crippen molar-refractivity contribution in [2.45, 2.75) is 242 Å². The monoisotopic (exact) mass is 1040 g/mol. The van der Waals surface area contributed by atoms with Gasteiger partial charge in [0, 0.05) is 0 Å². The van der Waals surface area contributed by atoms with E-state index >= 15 is 0 Å². The Labute approximate surface area is 456 Å². The van der Waals surface area contributed by atoms with E-state index in [2.05, 4.69) is 74.5 Å². The molecule has 16 bridgehead atoms. The van der Waals surface area contributed by atoms with Crippen LogP contribution in [-0.4, -0.2) is 65.1 Å². The van der Waals surface area contributed by atoms with Crippen molar-refractivity contribution in [1.82, 2.24) is 0 Å². The Hall–Kier alpha value is -3.77. The minimum absolute atomic E-state index is 0.268. The van der Waals surface area contributed by atoms with Crippen LogP contribution in [-0.2, 0) is 28.1 Å². The summed E-state index contributed by atoms with van der Waals surface area (Å²) >= 11 is 0. The minimum Gasteiger partial charge on any atom is -0.494 e. The zero-order chi connectivity index (χ0) is 51.5. The largest absolute Gasteiger partial charge is 0.502 e. The Morgan fingerprint density at radius 3 is 0.816 bits per heavy atom. The lowest BCUT2D eigenvalue weighted by Gasteiger charge is -2.31. The van der Waals surface area contributed by atoms with Crippen LogP contribution in [0, 0.1) is 13.8 Å². The lowest BCUT2D eigenvalue weighted by atomic mass is 9.74. The fraction of sp³-hybridized carbons (Fsp3) is 0.656. The van der Waals surface area contributed by atoms with Gasteiger partial charge in [-0.3, -0.25) is 0 Å². The number of hydrogen-bond donors (Lipinski definition) is 0. The van der Waals surface area contributed by atoms with Crippen molar-refractivity contribution in [3.05, 3.63) is 94.1 Å². The van der Waals surface area contributed by atoms with E-state index in [1.54, 1.807) is 0 Å². The predicted molar refractivity (Wildman–Crippen MR) is 302 cm³/mol. The maximum absolute atomic E-state index is 7.07. The van der Waals surface area contributed by atoms with E-state index in [4.69, 9.17) is 47.0 Å². The van der Waals surface area contributed by atoms with Crippen LogP contribution in [0.25, 0.3) is 0 Å². The highest BCUT2D eigenvalue weighted by molar-refractivity contribution is 6.64. The predicted octanol–water partition coefficient (Wildman–Crippen LogP) is 14.5. The molecule has 8 atom stereocenters. The van der Waals surface area contributed by atoms with Gasteiger partial charge in [-0.1, -0.05) is 139 Å². The SMILES string of the molecule is Cc1c2c3c(C)c4c1[C@H]1O[C@@H]4[C@@H]4OB(O[C@@H]41)c1c4cccc1OCCCCCCCCC=CCCCCCCCCOc1cccc(c1B1O[C@@H]5[C@H](O1)[C@@H]2O[C@@H]35)OCCCCCCCCC=CCCCCCCCCO4. The molecule has 10 aliphatic heterocycles. The first-order chi connectivity index (χ1) is 37.7. The first-order valence-electron chi connectivity index (χ1n) is 30.8. The average Bonchev–Trinajstić information content (AvgIpc) is 4.40. The molecule has 10 nitrogen and oxygen atoms in total. The number of rotatable bonds is 0. The smallest absolute Gasteiger partial charge is 0.494 e. The molecular weight excluding hydrogens is 950 g/mol. The lowest BCUT2D eigenvalue weighted by molar-refractivity contribution is 0.0168. The van der Waals surface area contributed by atoms with Crippen molar-refractivity contribution in [2.24, 2.45) is 0 Å². The number of benzene rings is 3. The minimum atomic E-state index is -0.641. The van der Waals surface area contributed by atoms with Gasteiger partial charge in [0.15, 0.2) is 0 Å². The molecule has 0 spiro atoms. The summed E-state index contributed by atoms with van der Waals surface area (Å²) in [5.41, 5.74) is 9.03. The van der Waals surface area contributed by atoms with Crippen LogP contribution < -0.4 is 29.9 Å². The number of fused-ring (bicyclic) bond motifs is 36.